The lowest BCUT2D eigenvalue weighted by molar-refractivity contribution is 0.529. The van der Waals surface area contributed by atoms with E-state index < -0.39 is 0 Å². The second-order valence-electron chi connectivity index (χ2n) is 3.73. The quantitative estimate of drug-likeness (QED) is 0.816. The Kier molecular flexibility index (Phi) is 5.06. The maximum Gasteiger partial charge on any atom is 0.123 e. The van der Waals surface area contributed by atoms with Crippen LogP contribution in [-0.4, -0.2) is 12.6 Å². The summed E-state index contributed by atoms with van der Waals surface area (Å²) in [6, 6.07) is 4.96. The highest BCUT2D eigenvalue weighted by Gasteiger charge is 2.05. The molecule has 0 saturated carbocycles. The van der Waals surface area contributed by atoms with Gasteiger partial charge in [-0.2, -0.15) is 0 Å². The summed E-state index contributed by atoms with van der Waals surface area (Å²) in [4.78, 5) is 0. The maximum atomic E-state index is 12.9. The molecule has 0 aliphatic heterocycles. The molecule has 0 bridgehead atoms. The van der Waals surface area contributed by atoms with Crippen LogP contribution in [0.25, 0.3) is 0 Å². The first kappa shape index (κ1) is 12.5. The summed E-state index contributed by atoms with van der Waals surface area (Å²) in [7, 11) is 0. The van der Waals surface area contributed by atoms with E-state index in [1.165, 1.54) is 12.1 Å². The molecule has 15 heavy (non-hydrogen) atoms. The largest absolute Gasteiger partial charge is 0.315 e. The average molecular weight is 230 g/mol. The Bertz CT molecular complexity index is 314. The molecule has 0 aromatic heterocycles. The minimum absolute atomic E-state index is 0.217. The van der Waals surface area contributed by atoms with Gasteiger partial charge in [-0.15, -0.1) is 0 Å². The third-order valence-electron chi connectivity index (χ3n) is 2.41. The van der Waals surface area contributed by atoms with Crippen LogP contribution in [-0.2, 0) is 6.42 Å². The van der Waals surface area contributed by atoms with Crippen LogP contribution in [0, 0.1) is 5.82 Å². The third-order valence-corrected chi connectivity index (χ3v) is 2.78. The predicted octanol–water partition coefficient (Wildman–Crippen LogP) is 3.41. The van der Waals surface area contributed by atoms with Gasteiger partial charge in [0.2, 0.25) is 0 Å². The van der Waals surface area contributed by atoms with E-state index in [4.69, 9.17) is 11.6 Å². The molecule has 1 atom stereocenters. The molecule has 84 valence electrons. The first-order valence-corrected chi connectivity index (χ1v) is 5.68. The zero-order valence-electron chi connectivity index (χ0n) is 9.19. The molecular weight excluding hydrogens is 213 g/mol. The lowest BCUT2D eigenvalue weighted by Gasteiger charge is -2.12. The third kappa shape index (κ3) is 4.18. The number of benzene rings is 1. The second-order valence-corrected chi connectivity index (χ2v) is 4.14. The van der Waals surface area contributed by atoms with Crippen LogP contribution in [0.5, 0.6) is 0 Å². The Hall–Kier alpha value is -0.600. The molecule has 1 aromatic carbocycles. The number of halogens is 2. The van der Waals surface area contributed by atoms with Crippen molar-refractivity contribution < 1.29 is 4.39 Å². The van der Waals surface area contributed by atoms with Gasteiger partial charge >= 0.3 is 0 Å². The Labute approximate surface area is 95.6 Å². The highest BCUT2D eigenvalue weighted by Crippen LogP contribution is 2.19. The highest BCUT2D eigenvalue weighted by atomic mass is 35.5. The van der Waals surface area contributed by atoms with Gasteiger partial charge in [-0.3, -0.25) is 0 Å². The molecule has 1 aromatic rings. The zero-order chi connectivity index (χ0) is 11.3. The van der Waals surface area contributed by atoms with Gasteiger partial charge in [-0.05, 0) is 50.1 Å². The number of aryl methyl sites for hydroxylation is 1. The van der Waals surface area contributed by atoms with Crippen LogP contribution < -0.4 is 5.32 Å². The Morgan fingerprint density at radius 3 is 2.87 bits per heavy atom. The van der Waals surface area contributed by atoms with Crippen LogP contribution in [0.3, 0.4) is 0 Å². The van der Waals surface area contributed by atoms with Gasteiger partial charge < -0.3 is 5.32 Å². The van der Waals surface area contributed by atoms with E-state index in [0.29, 0.717) is 11.1 Å². The molecule has 0 spiro atoms. The lowest BCUT2D eigenvalue weighted by Crippen LogP contribution is -2.25. The van der Waals surface area contributed by atoms with Crippen LogP contribution in [0.2, 0.25) is 5.02 Å². The van der Waals surface area contributed by atoms with E-state index in [1.807, 2.05) is 0 Å². The molecule has 0 amide bonds. The molecule has 0 radical (unpaired) electrons. The van der Waals surface area contributed by atoms with Crippen LogP contribution in [0.4, 0.5) is 4.39 Å². The fourth-order valence-corrected chi connectivity index (χ4v) is 1.77. The van der Waals surface area contributed by atoms with E-state index in [0.717, 1.165) is 24.9 Å². The smallest absolute Gasteiger partial charge is 0.123 e. The summed E-state index contributed by atoms with van der Waals surface area (Å²) in [6.45, 7) is 5.15. The topological polar surface area (TPSA) is 12.0 Å². The van der Waals surface area contributed by atoms with Gasteiger partial charge in [0, 0.05) is 11.1 Å². The van der Waals surface area contributed by atoms with Crippen LogP contribution in [0.1, 0.15) is 25.8 Å². The van der Waals surface area contributed by atoms with E-state index in [9.17, 15) is 4.39 Å². The maximum absolute atomic E-state index is 12.9. The Morgan fingerprint density at radius 1 is 1.47 bits per heavy atom. The average Bonchev–Trinajstić information content (AvgIpc) is 2.20. The Morgan fingerprint density at radius 2 is 2.20 bits per heavy atom. The fourth-order valence-electron chi connectivity index (χ4n) is 1.56. The number of nitrogens with one attached hydrogen (secondary N) is 1. The van der Waals surface area contributed by atoms with E-state index in [2.05, 4.69) is 19.2 Å². The van der Waals surface area contributed by atoms with Crippen molar-refractivity contribution in [1.82, 2.24) is 5.32 Å². The molecule has 1 rings (SSSR count). The van der Waals surface area contributed by atoms with E-state index in [-0.39, 0.29) is 5.82 Å². The molecule has 0 saturated heterocycles. The van der Waals surface area contributed by atoms with Gasteiger partial charge in [-0.1, -0.05) is 18.5 Å². The summed E-state index contributed by atoms with van der Waals surface area (Å²) >= 11 is 5.97. The molecule has 3 heteroatoms. The molecule has 0 fully saturated rings. The standard InChI is InChI=1S/C12H17ClFN/c1-3-15-9(2)4-5-10-8-11(14)6-7-12(10)13/h6-9,15H,3-5H2,1-2H3. The van der Waals surface area contributed by atoms with Gasteiger partial charge in [-0.25, -0.2) is 4.39 Å². The number of rotatable bonds is 5. The minimum Gasteiger partial charge on any atom is -0.315 e. The zero-order valence-corrected chi connectivity index (χ0v) is 9.94. The normalized spacial score (nSPS) is 12.8. The van der Waals surface area contributed by atoms with Gasteiger partial charge in [0.15, 0.2) is 0 Å². The molecule has 0 heterocycles. The SMILES string of the molecule is CCNC(C)CCc1cc(F)ccc1Cl. The first-order chi connectivity index (χ1) is 7.13. The molecular formula is C12H17ClFN. The first-order valence-electron chi connectivity index (χ1n) is 5.30. The molecule has 0 aliphatic carbocycles. The Balaban J connectivity index is 2.53. The molecule has 0 aliphatic rings. The number of hydrogen-bond acceptors (Lipinski definition) is 1. The molecule has 1 nitrogen and oxygen atoms in total. The van der Waals surface area contributed by atoms with Crippen LogP contribution in [0.15, 0.2) is 18.2 Å². The van der Waals surface area contributed by atoms with E-state index in [1.54, 1.807) is 6.07 Å². The summed E-state index contributed by atoms with van der Waals surface area (Å²) in [5.74, 6) is -0.217. The van der Waals surface area contributed by atoms with Gasteiger partial charge in [0.25, 0.3) is 0 Å². The van der Waals surface area contributed by atoms with Crippen molar-refractivity contribution in [2.75, 3.05) is 6.54 Å². The summed E-state index contributed by atoms with van der Waals surface area (Å²) in [6.07, 6.45) is 1.78. The van der Waals surface area contributed by atoms with E-state index >= 15 is 0 Å². The summed E-state index contributed by atoms with van der Waals surface area (Å²) in [5, 5.41) is 3.97. The van der Waals surface area contributed by atoms with Crippen molar-refractivity contribution in [1.29, 1.82) is 0 Å². The highest BCUT2D eigenvalue weighted by molar-refractivity contribution is 6.31. The minimum atomic E-state index is -0.217. The monoisotopic (exact) mass is 229 g/mol. The van der Waals surface area contributed by atoms with Crippen molar-refractivity contribution >= 4 is 11.6 Å². The van der Waals surface area contributed by atoms with Crippen molar-refractivity contribution in [2.24, 2.45) is 0 Å². The summed E-state index contributed by atoms with van der Waals surface area (Å²) in [5.41, 5.74) is 0.890. The summed E-state index contributed by atoms with van der Waals surface area (Å²) < 4.78 is 12.9. The lowest BCUT2D eigenvalue weighted by atomic mass is 10.1. The number of hydrogen-bond donors (Lipinski definition) is 1. The molecule has 1 unspecified atom stereocenters. The molecule has 1 N–H and O–H groups in total. The predicted molar refractivity (Wildman–Crippen MR) is 62.9 cm³/mol. The van der Waals surface area contributed by atoms with Crippen molar-refractivity contribution in [3.8, 4) is 0 Å². The fraction of sp³-hybridized carbons (Fsp3) is 0.500. The van der Waals surface area contributed by atoms with Gasteiger partial charge in [0.1, 0.15) is 5.82 Å². The van der Waals surface area contributed by atoms with Crippen LogP contribution >= 0.6 is 11.6 Å². The van der Waals surface area contributed by atoms with Crippen molar-refractivity contribution in [3.05, 3.63) is 34.6 Å². The van der Waals surface area contributed by atoms with Gasteiger partial charge in [0.05, 0.1) is 0 Å². The van der Waals surface area contributed by atoms with Crippen molar-refractivity contribution in [3.63, 3.8) is 0 Å². The van der Waals surface area contributed by atoms with Crippen molar-refractivity contribution in [2.45, 2.75) is 32.7 Å². The second kappa shape index (κ2) is 6.09.